The van der Waals surface area contributed by atoms with E-state index in [1.54, 1.807) is 0 Å². The quantitative estimate of drug-likeness (QED) is 0.475. The summed E-state index contributed by atoms with van der Waals surface area (Å²) < 4.78 is 11.8. The maximum atomic E-state index is 13.0. The molecule has 1 amide bonds. The Bertz CT molecular complexity index is 1060. The molecular weight excluding hydrogens is 398 g/mol. The average Bonchev–Trinajstić information content (AvgIpc) is 2.78. The minimum atomic E-state index is -0.524. The maximum Gasteiger partial charge on any atom is 0.410 e. The van der Waals surface area contributed by atoms with Crippen molar-refractivity contribution in [2.45, 2.75) is 51.9 Å². The second-order valence-electron chi connectivity index (χ2n) is 9.26. The van der Waals surface area contributed by atoms with E-state index in [0.717, 1.165) is 23.3 Å². The fourth-order valence-electron chi connectivity index (χ4n) is 4.14. The largest absolute Gasteiger partial charge is 0.489 e. The van der Waals surface area contributed by atoms with Gasteiger partial charge in [0.2, 0.25) is 0 Å². The summed E-state index contributed by atoms with van der Waals surface area (Å²) in [6, 6.07) is 26.6. The topological polar surface area (TPSA) is 38.8 Å². The number of hydrogen-bond acceptors (Lipinski definition) is 3. The Hall–Kier alpha value is -3.27. The smallest absolute Gasteiger partial charge is 0.410 e. The van der Waals surface area contributed by atoms with Crippen LogP contribution in [0.15, 0.2) is 78.9 Å². The van der Waals surface area contributed by atoms with Gasteiger partial charge >= 0.3 is 6.09 Å². The molecule has 0 N–H and O–H groups in total. The highest BCUT2D eigenvalue weighted by atomic mass is 16.6. The van der Waals surface area contributed by atoms with Crippen LogP contribution in [-0.2, 0) is 24.2 Å². The lowest BCUT2D eigenvalue weighted by Gasteiger charge is -2.38. The van der Waals surface area contributed by atoms with Gasteiger partial charge in [-0.2, -0.15) is 0 Å². The molecule has 0 saturated carbocycles. The molecule has 0 aliphatic carbocycles. The van der Waals surface area contributed by atoms with E-state index in [2.05, 4.69) is 42.5 Å². The molecular formula is C28H31NO3. The van der Waals surface area contributed by atoms with Crippen LogP contribution >= 0.6 is 0 Å². The van der Waals surface area contributed by atoms with Gasteiger partial charge in [-0.05, 0) is 68.0 Å². The Morgan fingerprint density at radius 1 is 0.938 bits per heavy atom. The van der Waals surface area contributed by atoms with Crippen molar-refractivity contribution in [2.24, 2.45) is 0 Å². The summed E-state index contributed by atoms with van der Waals surface area (Å²) in [7, 11) is 0. The molecule has 4 nitrogen and oxygen atoms in total. The van der Waals surface area contributed by atoms with Crippen molar-refractivity contribution < 1.29 is 14.3 Å². The summed E-state index contributed by atoms with van der Waals surface area (Å²) in [5.74, 6) is 0.833. The number of benzene rings is 3. The van der Waals surface area contributed by atoms with Gasteiger partial charge in [-0.15, -0.1) is 0 Å². The SMILES string of the molecule is CC(C)(C)OC(=O)N1CCc2ccccc2C1Cc1cccc(OCc2ccccc2)c1. The molecule has 0 aromatic heterocycles. The third-order valence-electron chi connectivity index (χ3n) is 5.62. The monoisotopic (exact) mass is 429 g/mol. The summed E-state index contributed by atoms with van der Waals surface area (Å²) >= 11 is 0. The van der Waals surface area contributed by atoms with Crippen LogP contribution < -0.4 is 4.74 Å². The van der Waals surface area contributed by atoms with E-state index in [4.69, 9.17) is 9.47 Å². The molecule has 1 aliphatic rings. The van der Waals surface area contributed by atoms with Crippen LogP contribution in [0.1, 0.15) is 49.1 Å². The molecule has 3 aromatic rings. The summed E-state index contributed by atoms with van der Waals surface area (Å²) in [6.45, 7) is 6.91. The summed E-state index contributed by atoms with van der Waals surface area (Å²) in [4.78, 5) is 14.9. The van der Waals surface area contributed by atoms with Gasteiger partial charge in [0.05, 0.1) is 6.04 Å². The zero-order valence-electron chi connectivity index (χ0n) is 19.1. The zero-order chi connectivity index (χ0) is 22.6. The highest BCUT2D eigenvalue weighted by molar-refractivity contribution is 5.69. The first kappa shape index (κ1) is 21.9. The Labute approximate surface area is 190 Å². The molecule has 0 fully saturated rings. The van der Waals surface area contributed by atoms with E-state index >= 15 is 0 Å². The Morgan fingerprint density at radius 2 is 1.66 bits per heavy atom. The van der Waals surface area contributed by atoms with Gasteiger partial charge in [0.1, 0.15) is 18.0 Å². The van der Waals surface area contributed by atoms with Crippen molar-refractivity contribution >= 4 is 6.09 Å². The standard InChI is InChI=1S/C28H31NO3/c1-28(2,3)32-27(30)29-17-16-23-13-7-8-15-25(23)26(29)19-22-12-9-14-24(18-22)31-20-21-10-5-4-6-11-21/h4-15,18,26H,16-17,19-20H2,1-3H3. The van der Waals surface area contributed by atoms with Gasteiger partial charge in [0.15, 0.2) is 0 Å². The molecule has 1 aliphatic heterocycles. The highest BCUT2D eigenvalue weighted by Crippen LogP contribution is 2.34. The van der Waals surface area contributed by atoms with Crippen LogP contribution in [-0.4, -0.2) is 23.1 Å². The Kier molecular flexibility index (Phi) is 6.50. The lowest BCUT2D eigenvalue weighted by molar-refractivity contribution is 0.0141. The zero-order valence-corrected chi connectivity index (χ0v) is 19.1. The van der Waals surface area contributed by atoms with Crippen molar-refractivity contribution in [3.63, 3.8) is 0 Å². The van der Waals surface area contributed by atoms with Gasteiger partial charge < -0.3 is 14.4 Å². The van der Waals surface area contributed by atoms with E-state index in [9.17, 15) is 4.79 Å². The fraction of sp³-hybridized carbons (Fsp3) is 0.321. The van der Waals surface area contributed by atoms with Gasteiger partial charge in [-0.3, -0.25) is 0 Å². The molecule has 0 radical (unpaired) electrons. The van der Waals surface area contributed by atoms with Crippen molar-refractivity contribution in [2.75, 3.05) is 6.54 Å². The number of rotatable bonds is 5. The van der Waals surface area contributed by atoms with Gasteiger partial charge in [0, 0.05) is 6.54 Å². The second kappa shape index (κ2) is 9.47. The molecule has 0 saturated heterocycles. The predicted molar refractivity (Wildman–Crippen MR) is 127 cm³/mol. The number of carbonyl (C=O) groups is 1. The molecule has 4 heteroatoms. The van der Waals surface area contributed by atoms with Gasteiger partial charge in [-0.25, -0.2) is 4.79 Å². The van der Waals surface area contributed by atoms with E-state index in [1.807, 2.05) is 62.1 Å². The summed E-state index contributed by atoms with van der Waals surface area (Å²) in [5.41, 5.74) is 4.24. The van der Waals surface area contributed by atoms with Gasteiger partial charge in [0.25, 0.3) is 0 Å². The number of hydrogen-bond donors (Lipinski definition) is 0. The molecule has 1 heterocycles. The Balaban J connectivity index is 1.55. The lowest BCUT2D eigenvalue weighted by atomic mass is 9.89. The first-order valence-corrected chi connectivity index (χ1v) is 11.2. The summed E-state index contributed by atoms with van der Waals surface area (Å²) in [6.07, 6.45) is 1.29. The van der Waals surface area contributed by atoms with Crippen LogP contribution in [0, 0.1) is 0 Å². The number of amides is 1. The molecule has 32 heavy (non-hydrogen) atoms. The maximum absolute atomic E-state index is 13.0. The molecule has 0 bridgehead atoms. The van der Waals surface area contributed by atoms with Crippen LogP contribution in [0.3, 0.4) is 0 Å². The van der Waals surface area contributed by atoms with E-state index < -0.39 is 5.60 Å². The van der Waals surface area contributed by atoms with Crippen molar-refractivity contribution in [1.82, 2.24) is 4.90 Å². The van der Waals surface area contributed by atoms with Crippen LogP contribution in [0.25, 0.3) is 0 Å². The Morgan fingerprint density at radius 3 is 2.44 bits per heavy atom. The lowest BCUT2D eigenvalue weighted by Crippen LogP contribution is -2.43. The molecule has 4 rings (SSSR count). The normalized spacial score (nSPS) is 15.7. The van der Waals surface area contributed by atoms with Crippen LogP contribution in [0.5, 0.6) is 5.75 Å². The second-order valence-corrected chi connectivity index (χ2v) is 9.26. The number of nitrogens with zero attached hydrogens (tertiary/aromatic N) is 1. The van der Waals surface area contributed by atoms with Crippen LogP contribution in [0.2, 0.25) is 0 Å². The molecule has 166 valence electrons. The first-order chi connectivity index (χ1) is 15.4. The average molecular weight is 430 g/mol. The minimum Gasteiger partial charge on any atom is -0.489 e. The van der Waals surface area contributed by atoms with Crippen LogP contribution in [0.4, 0.5) is 4.79 Å². The van der Waals surface area contributed by atoms with Gasteiger partial charge in [-0.1, -0.05) is 66.7 Å². The van der Waals surface area contributed by atoms with E-state index in [1.165, 1.54) is 11.1 Å². The minimum absolute atomic E-state index is 0.0702. The fourth-order valence-corrected chi connectivity index (χ4v) is 4.14. The third-order valence-corrected chi connectivity index (χ3v) is 5.62. The molecule has 3 aromatic carbocycles. The predicted octanol–water partition coefficient (Wildman–Crippen LogP) is 6.34. The summed E-state index contributed by atoms with van der Waals surface area (Å²) in [5, 5.41) is 0. The molecule has 0 spiro atoms. The number of ether oxygens (including phenoxy) is 2. The first-order valence-electron chi connectivity index (χ1n) is 11.2. The highest BCUT2D eigenvalue weighted by Gasteiger charge is 2.33. The van der Waals surface area contributed by atoms with Crippen molar-refractivity contribution in [3.8, 4) is 5.75 Å². The van der Waals surface area contributed by atoms with Crippen molar-refractivity contribution in [1.29, 1.82) is 0 Å². The number of fused-ring (bicyclic) bond motifs is 1. The molecule has 1 unspecified atom stereocenters. The third kappa shape index (κ3) is 5.50. The van der Waals surface area contributed by atoms with Crippen molar-refractivity contribution in [3.05, 3.63) is 101 Å². The van der Waals surface area contributed by atoms with E-state index in [-0.39, 0.29) is 12.1 Å². The number of carbonyl (C=O) groups excluding carboxylic acids is 1. The van der Waals surface area contributed by atoms with E-state index in [0.29, 0.717) is 19.6 Å². The molecule has 1 atom stereocenters.